The standard InChI is InChI=1S/C41H41F8N3O6/c1-39(2,3)58-38(55)23-4-9-31(42)27(19-23)22-5-11-33(57-17-14-52-12-15-56-16-13-52)28(18-22)36(53)51-35-26-8-7-25(29(26)21-40(44,45)46)34(35)37(54)50-24-6-10-32(43)30(20-24)41(47,48)49/h4-6,9-11,18-21,25-26,34-35H,7-8,12-17H2,1-3H3,(H,50,54)(H,51,53)/b29-21-/t25-,26+,34-,35+/m0/s1. The van der Waals surface area contributed by atoms with Gasteiger partial charge in [0.15, 0.2) is 0 Å². The van der Waals surface area contributed by atoms with Crippen LogP contribution in [0, 0.1) is 29.4 Å². The molecule has 3 aromatic carbocycles. The van der Waals surface area contributed by atoms with E-state index in [4.69, 9.17) is 14.2 Å². The van der Waals surface area contributed by atoms with Crippen LogP contribution in [0.3, 0.4) is 0 Å². The molecule has 0 aromatic heterocycles. The number of benzene rings is 3. The number of alkyl halides is 6. The lowest BCUT2D eigenvalue weighted by Gasteiger charge is -2.30. The number of allylic oxidation sites excluding steroid dienone is 1. The Kier molecular flexibility index (Phi) is 12.2. The zero-order valence-electron chi connectivity index (χ0n) is 31.7. The van der Waals surface area contributed by atoms with Crippen LogP contribution in [0.1, 0.15) is 59.9 Å². The summed E-state index contributed by atoms with van der Waals surface area (Å²) in [5.74, 6) is -8.33. The first-order valence-corrected chi connectivity index (χ1v) is 18.6. The number of halogens is 8. The molecule has 0 unspecified atom stereocenters. The molecule has 9 nitrogen and oxygen atoms in total. The fourth-order valence-electron chi connectivity index (χ4n) is 7.78. The summed E-state index contributed by atoms with van der Waals surface area (Å²) in [5.41, 5.74) is -3.21. The number of fused-ring (bicyclic) bond motifs is 2. The van der Waals surface area contributed by atoms with E-state index in [1.165, 1.54) is 30.3 Å². The molecule has 2 amide bonds. The number of nitrogens with zero attached hydrogens (tertiary/aromatic N) is 1. The summed E-state index contributed by atoms with van der Waals surface area (Å²) in [6, 6.07) is 8.23. The number of amides is 2. The topological polar surface area (TPSA) is 106 Å². The number of rotatable bonds is 10. The molecule has 17 heteroatoms. The largest absolute Gasteiger partial charge is 0.491 e. The van der Waals surface area contributed by atoms with Crippen LogP contribution in [0.5, 0.6) is 5.75 Å². The molecule has 0 spiro atoms. The Morgan fingerprint density at radius 2 is 1.57 bits per heavy atom. The Balaban J connectivity index is 1.34. The second-order valence-electron chi connectivity index (χ2n) is 15.4. The second kappa shape index (κ2) is 16.7. The van der Waals surface area contributed by atoms with Crippen molar-refractivity contribution in [1.82, 2.24) is 10.2 Å². The van der Waals surface area contributed by atoms with E-state index >= 15 is 4.39 Å². The highest BCUT2D eigenvalue weighted by Gasteiger charge is 2.56. The van der Waals surface area contributed by atoms with Gasteiger partial charge in [-0.15, -0.1) is 0 Å². The van der Waals surface area contributed by atoms with Gasteiger partial charge in [-0.2, -0.15) is 26.3 Å². The maximum atomic E-state index is 15.4. The zero-order chi connectivity index (χ0) is 42.2. The third-order valence-corrected chi connectivity index (χ3v) is 10.3. The molecule has 312 valence electrons. The van der Waals surface area contributed by atoms with Crippen LogP contribution in [0.15, 0.2) is 66.2 Å². The maximum Gasteiger partial charge on any atom is 0.419 e. The molecule has 2 bridgehead atoms. The number of hydrogen-bond donors (Lipinski definition) is 2. The van der Waals surface area contributed by atoms with Crippen molar-refractivity contribution in [1.29, 1.82) is 0 Å². The Hall–Kier alpha value is -5.03. The minimum Gasteiger partial charge on any atom is -0.491 e. The zero-order valence-corrected chi connectivity index (χ0v) is 31.7. The fraction of sp³-hybridized carbons (Fsp3) is 0.439. The molecule has 1 aliphatic heterocycles. The van der Waals surface area contributed by atoms with Gasteiger partial charge in [0.1, 0.15) is 29.6 Å². The monoisotopic (exact) mass is 823 g/mol. The molecule has 2 aliphatic carbocycles. The number of morpholine rings is 1. The van der Waals surface area contributed by atoms with E-state index in [0.29, 0.717) is 45.0 Å². The lowest BCUT2D eigenvalue weighted by atomic mass is 9.83. The first-order chi connectivity index (χ1) is 27.2. The Morgan fingerprint density at radius 1 is 0.879 bits per heavy atom. The molecule has 1 saturated heterocycles. The predicted molar refractivity (Wildman–Crippen MR) is 195 cm³/mol. The van der Waals surface area contributed by atoms with E-state index in [0.717, 1.165) is 12.1 Å². The Morgan fingerprint density at radius 3 is 2.24 bits per heavy atom. The van der Waals surface area contributed by atoms with Gasteiger partial charge in [0.2, 0.25) is 5.91 Å². The number of hydrogen-bond acceptors (Lipinski definition) is 7. The van der Waals surface area contributed by atoms with Crippen molar-refractivity contribution in [2.24, 2.45) is 17.8 Å². The highest BCUT2D eigenvalue weighted by atomic mass is 19.4. The Labute approximate surface area is 328 Å². The molecule has 3 aliphatic rings. The van der Waals surface area contributed by atoms with E-state index < -0.39 is 82.4 Å². The fourth-order valence-corrected chi connectivity index (χ4v) is 7.78. The van der Waals surface area contributed by atoms with Crippen molar-refractivity contribution >= 4 is 23.5 Å². The van der Waals surface area contributed by atoms with E-state index in [1.54, 1.807) is 20.8 Å². The van der Waals surface area contributed by atoms with E-state index in [2.05, 4.69) is 15.5 Å². The van der Waals surface area contributed by atoms with Crippen LogP contribution in [0.2, 0.25) is 0 Å². The third-order valence-electron chi connectivity index (χ3n) is 10.3. The molecular formula is C41H41F8N3O6. The smallest absolute Gasteiger partial charge is 0.419 e. The summed E-state index contributed by atoms with van der Waals surface area (Å²) in [7, 11) is 0. The highest BCUT2D eigenvalue weighted by molar-refractivity contribution is 6.00. The van der Waals surface area contributed by atoms with Crippen LogP contribution in [0.4, 0.5) is 40.8 Å². The molecule has 4 atom stereocenters. The summed E-state index contributed by atoms with van der Waals surface area (Å²) in [6.45, 7) is 7.84. The molecule has 6 rings (SSSR count). The van der Waals surface area contributed by atoms with Crippen molar-refractivity contribution in [3.63, 3.8) is 0 Å². The summed E-state index contributed by atoms with van der Waals surface area (Å²) < 4.78 is 128. The minimum atomic E-state index is -5.10. The first-order valence-electron chi connectivity index (χ1n) is 18.6. The SMILES string of the molecule is CC(C)(C)OC(=O)c1ccc(F)c(-c2ccc(OCCN3CCOCC3)c(C(=O)N[C@H]3[C@@H](C(=O)Nc4ccc(F)c(C(F)(F)F)c4)[C@H]4CC[C@@H]3/C4=C\C(F)(F)F)c2)c1. The van der Waals surface area contributed by atoms with Gasteiger partial charge in [-0.25, -0.2) is 13.6 Å². The van der Waals surface area contributed by atoms with Crippen LogP contribution in [-0.4, -0.2) is 80.0 Å². The average molecular weight is 824 g/mol. The summed E-state index contributed by atoms with van der Waals surface area (Å²) in [5, 5.41) is 5.00. The first kappa shape index (κ1) is 42.6. The lowest BCUT2D eigenvalue weighted by Crippen LogP contribution is -2.48. The van der Waals surface area contributed by atoms with Gasteiger partial charge in [-0.05, 0) is 93.6 Å². The molecule has 2 N–H and O–H groups in total. The summed E-state index contributed by atoms with van der Waals surface area (Å²) >= 11 is 0. The number of ether oxygens (including phenoxy) is 3. The normalized spacial score (nSPS) is 21.9. The van der Waals surface area contributed by atoms with E-state index in [1.807, 2.05) is 0 Å². The van der Waals surface area contributed by atoms with Crippen LogP contribution < -0.4 is 15.4 Å². The van der Waals surface area contributed by atoms with Gasteiger partial charge >= 0.3 is 18.3 Å². The van der Waals surface area contributed by atoms with Gasteiger partial charge in [-0.3, -0.25) is 14.5 Å². The number of esters is 1. The Bertz CT molecular complexity index is 2070. The molecule has 3 fully saturated rings. The van der Waals surface area contributed by atoms with Crippen molar-refractivity contribution in [3.8, 4) is 16.9 Å². The maximum absolute atomic E-state index is 15.4. The summed E-state index contributed by atoms with van der Waals surface area (Å²) in [4.78, 5) is 43.1. The van der Waals surface area contributed by atoms with Crippen molar-refractivity contribution < 1.29 is 63.7 Å². The average Bonchev–Trinajstić information content (AvgIpc) is 3.64. The van der Waals surface area contributed by atoms with Gasteiger partial charge in [0.25, 0.3) is 5.91 Å². The predicted octanol–water partition coefficient (Wildman–Crippen LogP) is 8.20. The quantitative estimate of drug-likeness (QED) is 0.121. The minimum absolute atomic E-state index is 0.0199. The van der Waals surface area contributed by atoms with Gasteiger partial charge in [0, 0.05) is 48.9 Å². The number of nitrogens with one attached hydrogen (secondary N) is 2. The third kappa shape index (κ3) is 9.97. The molecule has 2 saturated carbocycles. The van der Waals surface area contributed by atoms with Gasteiger partial charge in [0.05, 0.1) is 35.8 Å². The molecule has 58 heavy (non-hydrogen) atoms. The number of carbonyl (C=O) groups is 3. The van der Waals surface area contributed by atoms with Gasteiger partial charge in [-0.1, -0.05) is 11.6 Å². The number of anilines is 1. The molecular weight excluding hydrogens is 782 g/mol. The van der Waals surface area contributed by atoms with Crippen molar-refractivity contribution in [2.45, 2.75) is 57.6 Å². The van der Waals surface area contributed by atoms with Crippen molar-refractivity contribution in [2.75, 3.05) is 44.8 Å². The van der Waals surface area contributed by atoms with Crippen LogP contribution >= 0.6 is 0 Å². The summed E-state index contributed by atoms with van der Waals surface area (Å²) in [6.07, 6.45) is -9.54. The highest BCUT2D eigenvalue weighted by Crippen LogP contribution is 2.54. The van der Waals surface area contributed by atoms with Crippen molar-refractivity contribution in [3.05, 3.63) is 94.6 Å². The second-order valence-corrected chi connectivity index (χ2v) is 15.4. The molecule has 3 aromatic rings. The van der Waals surface area contributed by atoms with Gasteiger partial charge < -0.3 is 24.8 Å². The molecule has 0 radical (unpaired) electrons. The van der Waals surface area contributed by atoms with Crippen LogP contribution in [0.25, 0.3) is 11.1 Å². The van der Waals surface area contributed by atoms with Crippen LogP contribution in [-0.2, 0) is 20.4 Å². The lowest BCUT2D eigenvalue weighted by molar-refractivity contribution is -0.140. The molecule has 1 heterocycles. The van der Waals surface area contributed by atoms with E-state index in [-0.39, 0.29) is 59.1 Å². The van der Waals surface area contributed by atoms with E-state index in [9.17, 15) is 45.1 Å². The number of carbonyl (C=O) groups excluding carboxylic acids is 3.